The van der Waals surface area contributed by atoms with E-state index in [9.17, 15) is 0 Å². The average Bonchev–Trinajstić information content (AvgIpc) is 2.96. The molecule has 108 valence electrons. The molecule has 0 N–H and O–H groups in total. The summed E-state index contributed by atoms with van der Waals surface area (Å²) >= 11 is 0. The zero-order valence-corrected chi connectivity index (χ0v) is 13.3. The molecule has 20 heavy (non-hydrogen) atoms. The molecule has 2 aromatic heterocycles. The Morgan fingerprint density at radius 3 is 2.75 bits per heavy atom. The van der Waals surface area contributed by atoms with Crippen LogP contribution in [-0.4, -0.2) is 14.8 Å². The third-order valence-corrected chi connectivity index (χ3v) is 5.33. The van der Waals surface area contributed by atoms with Crippen LogP contribution in [0.25, 0.3) is 11.0 Å². The van der Waals surface area contributed by atoms with Gasteiger partial charge >= 0.3 is 0 Å². The second-order valence-electron chi connectivity index (χ2n) is 6.69. The zero-order valence-electron chi connectivity index (χ0n) is 13.3. The highest BCUT2D eigenvalue weighted by Crippen LogP contribution is 2.48. The summed E-state index contributed by atoms with van der Waals surface area (Å²) in [6.07, 6.45) is 4.28. The van der Waals surface area contributed by atoms with Crippen molar-refractivity contribution in [3.05, 3.63) is 23.5 Å². The first-order valence-corrected chi connectivity index (χ1v) is 7.87. The van der Waals surface area contributed by atoms with Crippen molar-refractivity contribution in [2.75, 3.05) is 0 Å². The lowest BCUT2D eigenvalue weighted by Crippen LogP contribution is -2.31. The Hall–Kier alpha value is -1.38. The fourth-order valence-electron chi connectivity index (χ4n) is 3.97. The van der Waals surface area contributed by atoms with Crippen molar-refractivity contribution in [2.45, 2.75) is 59.4 Å². The number of pyridine rings is 1. The average molecular weight is 271 g/mol. The van der Waals surface area contributed by atoms with E-state index in [1.54, 1.807) is 0 Å². The number of aryl methyl sites for hydroxylation is 1. The van der Waals surface area contributed by atoms with E-state index in [4.69, 9.17) is 4.98 Å². The molecular formula is C17H25N3. The molecule has 1 aliphatic carbocycles. The summed E-state index contributed by atoms with van der Waals surface area (Å²) < 4.78 is 2.01. The minimum atomic E-state index is 0.209. The molecule has 0 spiro atoms. The van der Waals surface area contributed by atoms with Crippen molar-refractivity contribution < 1.29 is 0 Å². The van der Waals surface area contributed by atoms with Crippen LogP contribution < -0.4 is 0 Å². The van der Waals surface area contributed by atoms with E-state index >= 15 is 0 Å². The summed E-state index contributed by atoms with van der Waals surface area (Å²) in [4.78, 5) is 5.04. The van der Waals surface area contributed by atoms with Gasteiger partial charge < -0.3 is 0 Å². The second kappa shape index (κ2) is 4.57. The molecule has 0 aliphatic heterocycles. The second-order valence-corrected chi connectivity index (χ2v) is 6.69. The highest BCUT2D eigenvalue weighted by molar-refractivity contribution is 5.76. The topological polar surface area (TPSA) is 30.7 Å². The van der Waals surface area contributed by atoms with Gasteiger partial charge in [0.05, 0.1) is 11.9 Å². The fourth-order valence-corrected chi connectivity index (χ4v) is 3.97. The molecule has 0 amide bonds. The first-order valence-electron chi connectivity index (χ1n) is 7.87. The predicted octanol–water partition coefficient (Wildman–Crippen LogP) is 3.95. The van der Waals surface area contributed by atoms with Crippen LogP contribution >= 0.6 is 0 Å². The van der Waals surface area contributed by atoms with Gasteiger partial charge in [0.2, 0.25) is 0 Å². The molecule has 3 heteroatoms. The first kappa shape index (κ1) is 13.6. The molecule has 0 radical (unpaired) electrons. The standard InChI is InChI=1S/C17H25N3/c1-6-17(5)14(11(3)4)9-12-8-13-10-18-20(7-2)16(13)19-15(12)17/h8,10-11,14H,6-7,9H2,1-5H3. The Balaban J connectivity index is 2.20. The van der Waals surface area contributed by atoms with E-state index in [2.05, 4.69) is 45.8 Å². The van der Waals surface area contributed by atoms with Crippen LogP contribution in [0.5, 0.6) is 0 Å². The van der Waals surface area contributed by atoms with Crippen molar-refractivity contribution in [3.63, 3.8) is 0 Å². The highest BCUT2D eigenvalue weighted by Gasteiger charge is 2.44. The molecule has 2 unspecified atom stereocenters. The first-order chi connectivity index (χ1) is 9.51. The van der Waals surface area contributed by atoms with Crippen LogP contribution in [0.1, 0.15) is 52.3 Å². The summed E-state index contributed by atoms with van der Waals surface area (Å²) in [5.74, 6) is 1.39. The molecular weight excluding hydrogens is 246 g/mol. The number of hydrogen-bond acceptors (Lipinski definition) is 2. The maximum Gasteiger partial charge on any atom is 0.158 e. The molecule has 0 fully saturated rings. The number of fused-ring (bicyclic) bond motifs is 2. The maximum absolute atomic E-state index is 5.04. The molecule has 3 nitrogen and oxygen atoms in total. The van der Waals surface area contributed by atoms with E-state index in [0.29, 0.717) is 11.8 Å². The van der Waals surface area contributed by atoms with E-state index in [0.717, 1.165) is 25.0 Å². The van der Waals surface area contributed by atoms with Crippen LogP contribution in [0, 0.1) is 11.8 Å². The van der Waals surface area contributed by atoms with Gasteiger partial charge in [-0.1, -0.05) is 27.7 Å². The summed E-state index contributed by atoms with van der Waals surface area (Å²) in [7, 11) is 0. The maximum atomic E-state index is 5.04. The molecule has 1 aliphatic rings. The van der Waals surface area contributed by atoms with Gasteiger partial charge in [-0.05, 0) is 43.2 Å². The molecule has 2 atom stereocenters. The largest absolute Gasteiger partial charge is 0.248 e. The molecule has 3 rings (SSSR count). The van der Waals surface area contributed by atoms with Gasteiger partial charge in [-0.15, -0.1) is 0 Å². The highest BCUT2D eigenvalue weighted by atomic mass is 15.3. The van der Waals surface area contributed by atoms with Gasteiger partial charge in [-0.25, -0.2) is 9.67 Å². The number of rotatable bonds is 3. The molecule has 0 bridgehead atoms. The summed E-state index contributed by atoms with van der Waals surface area (Å²) in [6, 6.07) is 2.33. The van der Waals surface area contributed by atoms with Crippen LogP contribution in [-0.2, 0) is 18.4 Å². The minimum absolute atomic E-state index is 0.209. The van der Waals surface area contributed by atoms with Crippen LogP contribution in [0.15, 0.2) is 12.3 Å². The SMILES string of the molecule is CCn1ncc2cc3c(nc21)C(C)(CC)C(C(C)C)C3. The predicted molar refractivity (Wildman–Crippen MR) is 82.9 cm³/mol. The van der Waals surface area contributed by atoms with Crippen molar-refractivity contribution >= 4 is 11.0 Å². The van der Waals surface area contributed by atoms with Gasteiger partial charge in [-0.2, -0.15) is 5.10 Å². The van der Waals surface area contributed by atoms with E-state index in [1.807, 2.05) is 10.9 Å². The van der Waals surface area contributed by atoms with Crippen LogP contribution in [0.3, 0.4) is 0 Å². The van der Waals surface area contributed by atoms with E-state index < -0.39 is 0 Å². The monoisotopic (exact) mass is 271 g/mol. The Bertz CT molecular complexity index is 641. The van der Waals surface area contributed by atoms with Gasteiger partial charge in [0.1, 0.15) is 0 Å². The van der Waals surface area contributed by atoms with Gasteiger partial charge in [0, 0.05) is 17.3 Å². The lowest BCUT2D eigenvalue weighted by molar-refractivity contribution is 0.234. The third-order valence-electron chi connectivity index (χ3n) is 5.33. The third kappa shape index (κ3) is 1.72. The lowest BCUT2D eigenvalue weighted by Gasteiger charge is -2.33. The van der Waals surface area contributed by atoms with Gasteiger partial charge in [-0.3, -0.25) is 0 Å². The Labute approximate surface area is 121 Å². The quantitative estimate of drug-likeness (QED) is 0.846. The van der Waals surface area contributed by atoms with Crippen molar-refractivity contribution in [1.29, 1.82) is 0 Å². The Morgan fingerprint density at radius 2 is 2.15 bits per heavy atom. The summed E-state index contributed by atoms with van der Waals surface area (Å²) in [5, 5.41) is 5.62. The van der Waals surface area contributed by atoms with Crippen molar-refractivity contribution in [1.82, 2.24) is 14.8 Å². The van der Waals surface area contributed by atoms with E-state index in [1.165, 1.54) is 16.6 Å². The zero-order chi connectivity index (χ0) is 14.5. The molecule has 2 heterocycles. The van der Waals surface area contributed by atoms with Gasteiger partial charge in [0.25, 0.3) is 0 Å². The lowest BCUT2D eigenvalue weighted by atomic mass is 9.71. The molecule has 0 saturated carbocycles. The van der Waals surface area contributed by atoms with E-state index in [-0.39, 0.29) is 5.41 Å². The summed E-state index contributed by atoms with van der Waals surface area (Å²) in [6.45, 7) is 12.4. The Kier molecular flexibility index (Phi) is 3.11. The number of nitrogens with zero attached hydrogens (tertiary/aromatic N) is 3. The van der Waals surface area contributed by atoms with Crippen molar-refractivity contribution in [2.24, 2.45) is 11.8 Å². The minimum Gasteiger partial charge on any atom is -0.248 e. The number of hydrogen-bond donors (Lipinski definition) is 0. The summed E-state index contributed by atoms with van der Waals surface area (Å²) in [5.41, 5.74) is 4.02. The van der Waals surface area contributed by atoms with Crippen molar-refractivity contribution in [3.8, 4) is 0 Å². The normalized spacial score (nSPS) is 25.6. The molecule has 2 aromatic rings. The van der Waals surface area contributed by atoms with Crippen LogP contribution in [0.2, 0.25) is 0 Å². The van der Waals surface area contributed by atoms with Crippen LogP contribution in [0.4, 0.5) is 0 Å². The molecule has 0 saturated heterocycles. The van der Waals surface area contributed by atoms with Gasteiger partial charge in [0.15, 0.2) is 5.65 Å². The molecule has 0 aromatic carbocycles. The number of aromatic nitrogens is 3. The fraction of sp³-hybridized carbons (Fsp3) is 0.647. The Morgan fingerprint density at radius 1 is 1.40 bits per heavy atom. The smallest absolute Gasteiger partial charge is 0.158 e.